The van der Waals surface area contributed by atoms with Crippen LogP contribution in [0.5, 0.6) is 11.5 Å². The summed E-state index contributed by atoms with van der Waals surface area (Å²) in [5.41, 5.74) is 1.27. The van der Waals surface area contributed by atoms with E-state index in [4.69, 9.17) is 9.47 Å². The van der Waals surface area contributed by atoms with E-state index in [0.717, 1.165) is 11.4 Å². The first kappa shape index (κ1) is 17.8. The maximum absolute atomic E-state index is 12.4. The molecule has 0 bridgehead atoms. The third-order valence-electron chi connectivity index (χ3n) is 4.14. The van der Waals surface area contributed by atoms with Gasteiger partial charge in [0.2, 0.25) is 0 Å². The van der Waals surface area contributed by atoms with E-state index >= 15 is 0 Å². The molecule has 1 amide bonds. The van der Waals surface area contributed by atoms with E-state index in [2.05, 4.69) is 4.74 Å². The molecule has 1 aliphatic heterocycles. The molecule has 0 saturated heterocycles. The number of hydrogen-bond acceptors (Lipinski definition) is 5. The fourth-order valence-corrected chi connectivity index (χ4v) is 2.81. The van der Waals surface area contributed by atoms with Crippen LogP contribution >= 0.6 is 0 Å². The lowest BCUT2D eigenvalue weighted by Gasteiger charge is -2.32. The average Bonchev–Trinajstić information content (AvgIpc) is 2.67. The van der Waals surface area contributed by atoms with Gasteiger partial charge in [-0.1, -0.05) is 12.1 Å². The maximum Gasteiger partial charge on any atom is 0.337 e. The zero-order valence-electron chi connectivity index (χ0n) is 14.8. The lowest BCUT2D eigenvalue weighted by Crippen LogP contribution is -2.45. The minimum Gasteiger partial charge on any atom is -0.494 e. The van der Waals surface area contributed by atoms with Gasteiger partial charge in [-0.3, -0.25) is 4.79 Å². The van der Waals surface area contributed by atoms with E-state index in [1.54, 1.807) is 36.1 Å². The SMILES string of the molecule is COC(=O)c1ccc(OCCCN2C(=O)C(C)Oc3ccccc32)cc1. The number of fused-ring (bicyclic) bond motifs is 1. The third-order valence-corrected chi connectivity index (χ3v) is 4.14. The van der Waals surface area contributed by atoms with Gasteiger partial charge < -0.3 is 19.1 Å². The molecule has 0 radical (unpaired) electrons. The van der Waals surface area contributed by atoms with E-state index < -0.39 is 6.10 Å². The Morgan fingerprint density at radius 2 is 1.88 bits per heavy atom. The fraction of sp³-hybridized carbons (Fsp3) is 0.300. The summed E-state index contributed by atoms with van der Waals surface area (Å²) in [4.78, 5) is 25.5. The highest BCUT2D eigenvalue weighted by Gasteiger charge is 2.30. The number of anilines is 1. The molecule has 2 aromatic rings. The standard InChI is InChI=1S/C20H21NO5/c1-14-19(22)21(17-6-3-4-7-18(17)26-14)12-5-13-25-16-10-8-15(9-11-16)20(23)24-2/h3-4,6-11,14H,5,12-13H2,1-2H3. The summed E-state index contributed by atoms with van der Waals surface area (Å²) in [6, 6.07) is 14.3. The average molecular weight is 355 g/mol. The first-order valence-electron chi connectivity index (χ1n) is 8.48. The molecule has 0 aliphatic carbocycles. The van der Waals surface area contributed by atoms with Crippen molar-refractivity contribution in [3.8, 4) is 11.5 Å². The van der Waals surface area contributed by atoms with Gasteiger partial charge in [0.15, 0.2) is 6.10 Å². The first-order chi connectivity index (χ1) is 12.6. The summed E-state index contributed by atoms with van der Waals surface area (Å²) in [6.45, 7) is 2.76. The largest absolute Gasteiger partial charge is 0.494 e. The van der Waals surface area contributed by atoms with Crippen molar-refractivity contribution >= 4 is 17.6 Å². The van der Waals surface area contributed by atoms with Crippen molar-refractivity contribution in [2.75, 3.05) is 25.2 Å². The number of esters is 1. The Balaban J connectivity index is 1.55. The van der Waals surface area contributed by atoms with Gasteiger partial charge in [0.05, 0.1) is 25.0 Å². The van der Waals surface area contributed by atoms with Gasteiger partial charge in [0, 0.05) is 6.54 Å². The minimum absolute atomic E-state index is 0.0499. The van der Waals surface area contributed by atoms with Crippen molar-refractivity contribution in [1.82, 2.24) is 0 Å². The zero-order valence-corrected chi connectivity index (χ0v) is 14.8. The van der Waals surface area contributed by atoms with Crippen LogP contribution in [0, 0.1) is 0 Å². The summed E-state index contributed by atoms with van der Waals surface area (Å²) in [6.07, 6.45) is 0.183. The molecule has 1 atom stereocenters. The van der Waals surface area contributed by atoms with Crippen LogP contribution in [0.1, 0.15) is 23.7 Å². The van der Waals surface area contributed by atoms with Crippen molar-refractivity contribution in [2.45, 2.75) is 19.4 Å². The van der Waals surface area contributed by atoms with Gasteiger partial charge in [-0.25, -0.2) is 4.79 Å². The van der Waals surface area contributed by atoms with Crippen LogP contribution in [0.2, 0.25) is 0 Å². The smallest absolute Gasteiger partial charge is 0.337 e. The van der Waals surface area contributed by atoms with Crippen molar-refractivity contribution in [3.05, 3.63) is 54.1 Å². The van der Waals surface area contributed by atoms with Crippen LogP contribution < -0.4 is 14.4 Å². The Hall–Kier alpha value is -3.02. The van der Waals surface area contributed by atoms with Crippen LogP contribution in [0.25, 0.3) is 0 Å². The van der Waals surface area contributed by atoms with Gasteiger partial charge >= 0.3 is 5.97 Å². The number of carbonyl (C=O) groups excluding carboxylic acids is 2. The molecular formula is C20H21NO5. The van der Waals surface area contributed by atoms with Gasteiger partial charge in [-0.2, -0.15) is 0 Å². The quantitative estimate of drug-likeness (QED) is 0.589. The zero-order chi connectivity index (χ0) is 18.5. The number of para-hydroxylation sites is 2. The normalized spacial score (nSPS) is 15.8. The second kappa shape index (κ2) is 7.91. The van der Waals surface area contributed by atoms with Crippen molar-refractivity contribution in [1.29, 1.82) is 0 Å². The lowest BCUT2D eigenvalue weighted by molar-refractivity contribution is -0.125. The van der Waals surface area contributed by atoms with E-state index in [0.29, 0.717) is 30.9 Å². The van der Waals surface area contributed by atoms with Crippen LogP contribution in [0.4, 0.5) is 5.69 Å². The second-order valence-electron chi connectivity index (χ2n) is 5.94. The highest BCUT2D eigenvalue weighted by Crippen LogP contribution is 2.33. The summed E-state index contributed by atoms with van der Waals surface area (Å²) >= 11 is 0. The summed E-state index contributed by atoms with van der Waals surface area (Å²) in [5.74, 6) is 0.958. The minimum atomic E-state index is -0.489. The number of carbonyl (C=O) groups is 2. The molecule has 1 unspecified atom stereocenters. The molecule has 0 saturated carbocycles. The van der Waals surface area contributed by atoms with E-state index in [1.165, 1.54) is 7.11 Å². The van der Waals surface area contributed by atoms with E-state index in [-0.39, 0.29) is 11.9 Å². The van der Waals surface area contributed by atoms with Crippen molar-refractivity contribution < 1.29 is 23.8 Å². The molecule has 6 heteroatoms. The fourth-order valence-electron chi connectivity index (χ4n) is 2.81. The summed E-state index contributed by atoms with van der Waals surface area (Å²) in [5, 5.41) is 0. The molecular weight excluding hydrogens is 334 g/mol. The highest BCUT2D eigenvalue weighted by atomic mass is 16.5. The van der Waals surface area contributed by atoms with Gasteiger partial charge in [0.1, 0.15) is 11.5 Å². The highest BCUT2D eigenvalue weighted by molar-refractivity contribution is 5.99. The predicted molar refractivity (Wildman–Crippen MR) is 96.8 cm³/mol. The summed E-state index contributed by atoms with van der Waals surface area (Å²) < 4.78 is 16.0. The molecule has 6 nitrogen and oxygen atoms in total. The molecule has 1 aliphatic rings. The monoisotopic (exact) mass is 355 g/mol. The number of nitrogens with zero attached hydrogens (tertiary/aromatic N) is 1. The van der Waals surface area contributed by atoms with Gasteiger partial charge in [0.25, 0.3) is 5.91 Å². The molecule has 1 heterocycles. The Morgan fingerprint density at radius 3 is 2.62 bits per heavy atom. The Kier molecular flexibility index (Phi) is 5.41. The van der Waals surface area contributed by atoms with Crippen molar-refractivity contribution in [2.24, 2.45) is 0 Å². The van der Waals surface area contributed by atoms with Crippen LogP contribution in [-0.4, -0.2) is 38.2 Å². The maximum atomic E-state index is 12.4. The molecule has 0 spiro atoms. The molecule has 0 fully saturated rings. The topological polar surface area (TPSA) is 65.1 Å². The molecule has 3 rings (SSSR count). The molecule has 0 N–H and O–H groups in total. The number of hydrogen-bond donors (Lipinski definition) is 0. The number of ether oxygens (including phenoxy) is 3. The Bertz CT molecular complexity index is 787. The molecule has 26 heavy (non-hydrogen) atoms. The number of benzene rings is 2. The molecule has 2 aromatic carbocycles. The second-order valence-corrected chi connectivity index (χ2v) is 5.94. The van der Waals surface area contributed by atoms with E-state index in [9.17, 15) is 9.59 Å². The Morgan fingerprint density at radius 1 is 1.15 bits per heavy atom. The third kappa shape index (κ3) is 3.79. The van der Waals surface area contributed by atoms with E-state index in [1.807, 2.05) is 24.3 Å². The van der Waals surface area contributed by atoms with Crippen LogP contribution in [0.3, 0.4) is 0 Å². The predicted octanol–water partition coefficient (Wildman–Crippen LogP) is 3.06. The molecule has 0 aromatic heterocycles. The van der Waals surface area contributed by atoms with Gasteiger partial charge in [-0.05, 0) is 49.7 Å². The summed E-state index contributed by atoms with van der Waals surface area (Å²) in [7, 11) is 1.35. The van der Waals surface area contributed by atoms with Crippen LogP contribution in [0.15, 0.2) is 48.5 Å². The van der Waals surface area contributed by atoms with Crippen molar-refractivity contribution in [3.63, 3.8) is 0 Å². The molecule has 136 valence electrons. The number of rotatable bonds is 6. The van der Waals surface area contributed by atoms with Crippen LogP contribution in [-0.2, 0) is 9.53 Å². The first-order valence-corrected chi connectivity index (χ1v) is 8.48. The lowest BCUT2D eigenvalue weighted by atomic mass is 10.2. The number of amides is 1. The number of methoxy groups -OCH3 is 1. The Labute approximate surface area is 152 Å². The van der Waals surface area contributed by atoms with Gasteiger partial charge in [-0.15, -0.1) is 0 Å².